The number of nitrogens with zero attached hydrogens (tertiary/aromatic N) is 1. The third kappa shape index (κ3) is 3.06. The minimum absolute atomic E-state index is 0.398. The fourth-order valence-corrected chi connectivity index (χ4v) is 3.61. The number of rotatable bonds is 3. The topological polar surface area (TPSA) is 56.0 Å². The molecule has 1 unspecified atom stereocenters. The van der Waals surface area contributed by atoms with Gasteiger partial charge >= 0.3 is 0 Å². The Labute approximate surface area is 130 Å². The van der Waals surface area contributed by atoms with Crippen molar-refractivity contribution in [1.29, 1.82) is 0 Å². The summed E-state index contributed by atoms with van der Waals surface area (Å²) in [5.41, 5.74) is 8.28. The summed E-state index contributed by atoms with van der Waals surface area (Å²) in [7, 11) is -1.23. The highest BCUT2D eigenvalue weighted by molar-refractivity contribution is 7.84. The fourth-order valence-electron chi connectivity index (χ4n) is 2.15. The van der Waals surface area contributed by atoms with Crippen molar-refractivity contribution in [2.24, 2.45) is 0 Å². The third-order valence-corrected chi connectivity index (χ3v) is 4.86. The molecule has 3 nitrogen and oxygen atoms in total. The molecule has 0 amide bonds. The van der Waals surface area contributed by atoms with Crippen LogP contribution in [0.4, 0.5) is 5.69 Å². The number of nitrogens with two attached hydrogens (primary N) is 1. The van der Waals surface area contributed by atoms with E-state index in [0.717, 1.165) is 16.5 Å². The van der Waals surface area contributed by atoms with Gasteiger partial charge in [0.05, 0.1) is 27.0 Å². The van der Waals surface area contributed by atoms with Crippen molar-refractivity contribution in [3.05, 3.63) is 65.3 Å². The highest BCUT2D eigenvalue weighted by Gasteiger charge is 2.10. The van der Waals surface area contributed by atoms with E-state index in [1.165, 1.54) is 0 Å². The highest BCUT2D eigenvalue weighted by atomic mass is 35.5. The first-order chi connectivity index (χ1) is 10.1. The van der Waals surface area contributed by atoms with E-state index >= 15 is 0 Å². The molecule has 0 bridgehead atoms. The minimum Gasteiger partial charge on any atom is -0.398 e. The molecule has 0 fully saturated rings. The molecule has 1 aromatic heterocycles. The summed E-state index contributed by atoms with van der Waals surface area (Å²) in [6.45, 7) is 0. The number of fused-ring (bicyclic) bond motifs is 1. The van der Waals surface area contributed by atoms with Gasteiger partial charge in [-0.15, -0.1) is 0 Å². The summed E-state index contributed by atoms with van der Waals surface area (Å²) in [5, 5.41) is 1.57. The van der Waals surface area contributed by atoms with E-state index in [0.29, 0.717) is 21.4 Å². The van der Waals surface area contributed by atoms with Crippen molar-refractivity contribution >= 4 is 39.0 Å². The van der Waals surface area contributed by atoms with Gasteiger partial charge in [-0.1, -0.05) is 23.7 Å². The molecule has 106 valence electrons. The normalized spacial score (nSPS) is 12.4. The quantitative estimate of drug-likeness (QED) is 0.748. The Bertz CT molecular complexity index is 835. The van der Waals surface area contributed by atoms with Crippen molar-refractivity contribution in [1.82, 2.24) is 4.98 Å². The average Bonchev–Trinajstić information content (AvgIpc) is 2.49. The van der Waals surface area contributed by atoms with E-state index in [4.69, 9.17) is 17.3 Å². The molecule has 0 saturated carbocycles. The van der Waals surface area contributed by atoms with Crippen LogP contribution in [0.5, 0.6) is 0 Å². The van der Waals surface area contributed by atoms with Gasteiger partial charge in [0.25, 0.3) is 0 Å². The van der Waals surface area contributed by atoms with Crippen LogP contribution in [0.2, 0.25) is 5.02 Å². The number of halogens is 1. The Morgan fingerprint density at radius 2 is 2.00 bits per heavy atom. The van der Waals surface area contributed by atoms with E-state index in [9.17, 15) is 4.21 Å². The van der Waals surface area contributed by atoms with Gasteiger partial charge in [0, 0.05) is 22.3 Å². The van der Waals surface area contributed by atoms with E-state index in [-0.39, 0.29) is 0 Å². The number of benzene rings is 2. The molecule has 1 heterocycles. The van der Waals surface area contributed by atoms with Crippen LogP contribution >= 0.6 is 11.6 Å². The number of aromatic nitrogens is 1. The maximum atomic E-state index is 12.5. The molecule has 5 heteroatoms. The molecule has 0 spiro atoms. The number of anilines is 1. The van der Waals surface area contributed by atoms with Crippen molar-refractivity contribution < 1.29 is 4.21 Å². The predicted octanol–water partition coefficient (Wildman–Crippen LogP) is 3.78. The van der Waals surface area contributed by atoms with E-state index in [2.05, 4.69) is 4.98 Å². The Kier molecular flexibility index (Phi) is 3.90. The van der Waals surface area contributed by atoms with Crippen LogP contribution in [0.3, 0.4) is 0 Å². The molecule has 0 aliphatic heterocycles. The first kappa shape index (κ1) is 14.0. The second kappa shape index (κ2) is 5.84. The molecule has 0 aliphatic carbocycles. The number of pyridine rings is 1. The Balaban J connectivity index is 1.90. The summed E-state index contributed by atoms with van der Waals surface area (Å²) >= 11 is 5.94. The van der Waals surface area contributed by atoms with E-state index in [1.54, 1.807) is 24.4 Å². The van der Waals surface area contributed by atoms with Gasteiger partial charge in [-0.3, -0.25) is 9.19 Å². The Morgan fingerprint density at radius 3 is 2.86 bits per heavy atom. The lowest BCUT2D eigenvalue weighted by Crippen LogP contribution is -2.01. The molecule has 0 aliphatic rings. The summed E-state index contributed by atoms with van der Waals surface area (Å²) < 4.78 is 12.5. The van der Waals surface area contributed by atoms with Crippen LogP contribution in [-0.2, 0) is 16.6 Å². The average molecular weight is 317 g/mol. The molecule has 1 atom stereocenters. The first-order valence-electron chi connectivity index (χ1n) is 6.40. The third-order valence-electron chi connectivity index (χ3n) is 3.19. The predicted molar refractivity (Wildman–Crippen MR) is 87.7 cm³/mol. The zero-order valence-electron chi connectivity index (χ0n) is 11.1. The zero-order chi connectivity index (χ0) is 14.8. The summed E-state index contributed by atoms with van der Waals surface area (Å²) in [4.78, 5) is 4.85. The Morgan fingerprint density at radius 1 is 1.14 bits per heavy atom. The van der Waals surface area contributed by atoms with Gasteiger partial charge in [-0.25, -0.2) is 0 Å². The van der Waals surface area contributed by atoms with Crippen LogP contribution < -0.4 is 5.73 Å². The maximum absolute atomic E-state index is 12.5. The highest BCUT2D eigenvalue weighted by Crippen LogP contribution is 2.24. The van der Waals surface area contributed by atoms with Gasteiger partial charge in [0.15, 0.2) is 0 Å². The first-order valence-corrected chi connectivity index (χ1v) is 8.10. The van der Waals surface area contributed by atoms with Crippen molar-refractivity contribution in [3.63, 3.8) is 0 Å². The molecule has 3 aromatic rings. The van der Waals surface area contributed by atoms with Crippen LogP contribution in [0.1, 0.15) is 5.56 Å². The monoisotopic (exact) mass is 316 g/mol. The summed E-state index contributed by atoms with van der Waals surface area (Å²) in [5.74, 6) is 0.398. The van der Waals surface area contributed by atoms with Crippen LogP contribution in [-0.4, -0.2) is 9.19 Å². The fraction of sp³-hybridized carbons (Fsp3) is 0.0625. The second-order valence-corrected chi connectivity index (χ2v) is 6.56. The smallest absolute Gasteiger partial charge is 0.0702 e. The standard InChI is InChI=1S/C16H13ClN2OS/c17-13-4-5-14(18)16(9-13)21(20)10-11-3-6-15-12(8-11)2-1-7-19-15/h1-9H,10,18H2. The lowest BCUT2D eigenvalue weighted by atomic mass is 10.1. The summed E-state index contributed by atoms with van der Waals surface area (Å²) in [6, 6.07) is 14.8. The second-order valence-electron chi connectivity index (χ2n) is 4.70. The number of nitrogen functional groups attached to an aromatic ring is 1. The lowest BCUT2D eigenvalue weighted by molar-refractivity contribution is 0.683. The molecule has 2 N–H and O–H groups in total. The van der Waals surface area contributed by atoms with Gasteiger partial charge < -0.3 is 5.73 Å². The van der Waals surface area contributed by atoms with Crippen molar-refractivity contribution in [2.45, 2.75) is 10.6 Å². The number of hydrogen-bond acceptors (Lipinski definition) is 3. The SMILES string of the molecule is Nc1ccc(Cl)cc1S(=O)Cc1ccc2ncccc2c1. The van der Waals surface area contributed by atoms with Crippen molar-refractivity contribution in [3.8, 4) is 0 Å². The lowest BCUT2D eigenvalue weighted by Gasteiger charge is -2.07. The molecule has 3 rings (SSSR count). The zero-order valence-corrected chi connectivity index (χ0v) is 12.7. The summed E-state index contributed by atoms with van der Waals surface area (Å²) in [6.07, 6.45) is 1.76. The van der Waals surface area contributed by atoms with E-state index in [1.807, 2.05) is 30.3 Å². The molecule has 0 radical (unpaired) electrons. The Hall–Kier alpha value is -1.91. The molecule has 0 saturated heterocycles. The minimum atomic E-state index is -1.23. The van der Waals surface area contributed by atoms with Crippen LogP contribution in [0.25, 0.3) is 10.9 Å². The van der Waals surface area contributed by atoms with Crippen LogP contribution in [0.15, 0.2) is 59.6 Å². The molecular formula is C16H13ClN2OS. The van der Waals surface area contributed by atoms with E-state index < -0.39 is 10.8 Å². The molecule has 21 heavy (non-hydrogen) atoms. The van der Waals surface area contributed by atoms with Crippen LogP contribution in [0, 0.1) is 0 Å². The molecular weight excluding hydrogens is 304 g/mol. The van der Waals surface area contributed by atoms with Gasteiger partial charge in [-0.05, 0) is 42.0 Å². The molecule has 2 aromatic carbocycles. The number of hydrogen-bond donors (Lipinski definition) is 1. The van der Waals surface area contributed by atoms with Gasteiger partial charge in [0.1, 0.15) is 0 Å². The van der Waals surface area contributed by atoms with Gasteiger partial charge in [0.2, 0.25) is 0 Å². The van der Waals surface area contributed by atoms with Crippen molar-refractivity contribution in [2.75, 3.05) is 5.73 Å². The largest absolute Gasteiger partial charge is 0.398 e. The maximum Gasteiger partial charge on any atom is 0.0702 e. The van der Waals surface area contributed by atoms with Gasteiger partial charge in [-0.2, -0.15) is 0 Å².